The number of aromatic nitrogens is 2. The lowest BCUT2D eigenvalue weighted by molar-refractivity contribution is -0.136. The lowest BCUT2D eigenvalue weighted by Crippen LogP contribution is -2.55. The number of nitriles is 1. The zero-order chi connectivity index (χ0) is 41.2. The Labute approximate surface area is 345 Å². The van der Waals surface area contributed by atoms with Crippen LogP contribution < -0.4 is 20.0 Å². The van der Waals surface area contributed by atoms with Crippen LogP contribution in [0.2, 0.25) is 5.02 Å². The molecule has 17 heteroatoms. The lowest BCUT2D eigenvalue weighted by Gasteiger charge is -2.44. The SMILES string of the molecule is C[C@H]1CC2(CCN(c3cnc(C(=O)N4CCN(CC5CN(c6cc7c(cc6F)C(=O)N(C6CCC(=O)NC6=O)C7=O)C5)CC4)cn3)CC2)CN1c1ccc(C#N)c(Cl)c1. The van der Waals surface area contributed by atoms with E-state index in [4.69, 9.17) is 11.6 Å². The molecule has 0 saturated carbocycles. The minimum absolute atomic E-state index is 0.00839. The number of anilines is 3. The Morgan fingerprint density at radius 1 is 0.966 bits per heavy atom. The van der Waals surface area contributed by atoms with Crippen molar-refractivity contribution in [2.24, 2.45) is 11.3 Å². The third-order valence-electron chi connectivity index (χ3n) is 13.2. The molecule has 0 aliphatic carbocycles. The standard InChI is InChI=1S/C42H44ClFN10O5/c1-25-17-42(24-53(25)28-3-2-27(18-45)31(43)14-28)6-8-50(9-7-42)36-20-46-33(19-47-36)41(59)51-12-10-49(11-13-51)21-26-22-52(23-26)35-16-30-29(15-32(35)44)39(57)54(40(30)58)34-4-5-37(55)48-38(34)56/h2-3,14-16,19-20,25-26,34H,4-13,17,21-24H2,1H3,(H,48,55,56)/t25-,34?/m0/s1. The number of fused-ring (bicyclic) bond motifs is 1. The highest BCUT2D eigenvalue weighted by molar-refractivity contribution is 6.32. The largest absolute Gasteiger partial charge is 0.368 e. The van der Waals surface area contributed by atoms with Gasteiger partial charge in [-0.25, -0.2) is 14.4 Å². The van der Waals surface area contributed by atoms with Crippen molar-refractivity contribution < 1.29 is 28.4 Å². The van der Waals surface area contributed by atoms with Crippen molar-refractivity contribution in [2.75, 3.05) is 80.1 Å². The van der Waals surface area contributed by atoms with Gasteiger partial charge in [-0.2, -0.15) is 5.26 Å². The number of carbonyl (C=O) groups excluding carboxylic acids is 5. The number of hydrogen-bond acceptors (Lipinski definition) is 12. The molecule has 1 spiro atoms. The fraction of sp³-hybridized carbons (Fsp3) is 0.476. The van der Waals surface area contributed by atoms with E-state index in [0.29, 0.717) is 61.6 Å². The van der Waals surface area contributed by atoms with Crippen LogP contribution in [0.15, 0.2) is 42.7 Å². The van der Waals surface area contributed by atoms with E-state index >= 15 is 4.39 Å². The molecular weight excluding hydrogens is 779 g/mol. The Morgan fingerprint density at radius 2 is 1.69 bits per heavy atom. The van der Waals surface area contributed by atoms with Gasteiger partial charge < -0.3 is 19.6 Å². The monoisotopic (exact) mass is 822 g/mol. The van der Waals surface area contributed by atoms with Gasteiger partial charge in [0.05, 0.1) is 39.8 Å². The number of piperidine rings is 2. The van der Waals surface area contributed by atoms with Crippen LogP contribution in [0.4, 0.5) is 21.6 Å². The minimum Gasteiger partial charge on any atom is -0.368 e. The Bertz CT molecular complexity index is 2280. The van der Waals surface area contributed by atoms with Gasteiger partial charge in [0, 0.05) is 89.5 Å². The van der Waals surface area contributed by atoms with E-state index in [1.165, 1.54) is 6.07 Å². The van der Waals surface area contributed by atoms with Gasteiger partial charge in [0.25, 0.3) is 17.7 Å². The quantitative estimate of drug-likeness (QED) is 0.346. The third kappa shape index (κ3) is 7.14. The van der Waals surface area contributed by atoms with E-state index in [1.807, 2.05) is 21.9 Å². The molecule has 3 aromatic rings. The molecule has 1 unspecified atom stereocenters. The first-order valence-corrected chi connectivity index (χ1v) is 20.6. The first-order valence-electron chi connectivity index (χ1n) is 20.3. The molecular formula is C42H44ClFN10O5. The van der Waals surface area contributed by atoms with E-state index in [9.17, 15) is 29.2 Å². The fourth-order valence-electron chi connectivity index (χ4n) is 9.87. The van der Waals surface area contributed by atoms with Crippen molar-refractivity contribution in [1.29, 1.82) is 5.26 Å². The summed E-state index contributed by atoms with van der Waals surface area (Å²) in [5.41, 5.74) is 2.26. The fourth-order valence-corrected chi connectivity index (χ4v) is 10.1. The molecule has 306 valence electrons. The Morgan fingerprint density at radius 3 is 2.36 bits per heavy atom. The zero-order valence-electron chi connectivity index (χ0n) is 32.7. The average Bonchev–Trinajstić information content (AvgIpc) is 3.66. The van der Waals surface area contributed by atoms with E-state index in [-0.39, 0.29) is 46.9 Å². The van der Waals surface area contributed by atoms with Crippen molar-refractivity contribution in [3.8, 4) is 6.07 Å². The van der Waals surface area contributed by atoms with Crippen molar-refractivity contribution in [2.45, 2.75) is 51.1 Å². The lowest BCUT2D eigenvalue weighted by atomic mass is 9.77. The summed E-state index contributed by atoms with van der Waals surface area (Å²) >= 11 is 6.36. The number of rotatable bonds is 7. The molecule has 5 fully saturated rings. The van der Waals surface area contributed by atoms with Gasteiger partial charge in [-0.1, -0.05) is 11.6 Å². The molecule has 1 N–H and O–H groups in total. The van der Waals surface area contributed by atoms with Crippen LogP contribution in [0.1, 0.15) is 75.8 Å². The number of hydrogen-bond donors (Lipinski definition) is 1. The third-order valence-corrected chi connectivity index (χ3v) is 13.5. The van der Waals surface area contributed by atoms with Gasteiger partial charge in [0.15, 0.2) is 0 Å². The van der Waals surface area contributed by atoms with E-state index < -0.39 is 35.5 Å². The van der Waals surface area contributed by atoms with E-state index in [1.54, 1.807) is 18.5 Å². The Balaban J connectivity index is 0.730. The summed E-state index contributed by atoms with van der Waals surface area (Å²) in [5, 5.41) is 11.9. The second kappa shape index (κ2) is 15.2. The summed E-state index contributed by atoms with van der Waals surface area (Å²) in [5.74, 6) is -2.30. The number of halogens is 2. The molecule has 59 heavy (non-hydrogen) atoms. The number of imide groups is 2. The molecule has 2 aromatic carbocycles. The molecule has 1 aromatic heterocycles. The summed E-state index contributed by atoms with van der Waals surface area (Å²) in [6.07, 6.45) is 6.45. The first kappa shape index (κ1) is 38.8. The van der Waals surface area contributed by atoms with E-state index in [2.05, 4.69) is 43.0 Å². The van der Waals surface area contributed by atoms with Crippen LogP contribution in [-0.2, 0) is 9.59 Å². The van der Waals surface area contributed by atoms with Crippen LogP contribution >= 0.6 is 11.6 Å². The molecule has 7 heterocycles. The molecule has 2 atom stereocenters. The Kier molecular flexibility index (Phi) is 9.99. The maximum absolute atomic E-state index is 15.3. The predicted molar refractivity (Wildman–Crippen MR) is 215 cm³/mol. The summed E-state index contributed by atoms with van der Waals surface area (Å²) in [7, 11) is 0. The normalized spacial score (nSPS) is 23.5. The molecule has 9 rings (SSSR count). The predicted octanol–water partition coefficient (Wildman–Crippen LogP) is 3.32. The van der Waals surface area contributed by atoms with Gasteiger partial charge in [0.1, 0.15) is 29.4 Å². The van der Waals surface area contributed by atoms with E-state index in [0.717, 1.165) is 67.9 Å². The summed E-state index contributed by atoms with van der Waals surface area (Å²) in [6, 6.07) is 9.53. The van der Waals surface area contributed by atoms with Crippen molar-refractivity contribution in [3.05, 3.63) is 75.9 Å². The molecule has 6 aliphatic rings. The number of carbonyl (C=O) groups is 5. The smallest absolute Gasteiger partial charge is 0.274 e. The van der Waals surface area contributed by atoms with Gasteiger partial charge in [-0.3, -0.25) is 39.1 Å². The molecule has 6 aliphatic heterocycles. The molecule has 0 bridgehead atoms. The summed E-state index contributed by atoms with van der Waals surface area (Å²) in [4.78, 5) is 84.4. The maximum Gasteiger partial charge on any atom is 0.274 e. The second-order valence-corrected chi connectivity index (χ2v) is 17.3. The van der Waals surface area contributed by atoms with Gasteiger partial charge in [0.2, 0.25) is 11.8 Å². The zero-order valence-corrected chi connectivity index (χ0v) is 33.5. The van der Waals surface area contributed by atoms with Gasteiger partial charge in [-0.05, 0) is 68.4 Å². The molecule has 5 saturated heterocycles. The number of piperazine rings is 1. The molecule has 5 amide bonds. The number of nitrogens with zero attached hydrogens (tertiary/aromatic N) is 9. The van der Waals surface area contributed by atoms with Crippen LogP contribution in [0, 0.1) is 28.5 Å². The van der Waals surface area contributed by atoms with Crippen molar-refractivity contribution >= 4 is 58.3 Å². The van der Waals surface area contributed by atoms with Crippen molar-refractivity contribution in [3.63, 3.8) is 0 Å². The van der Waals surface area contributed by atoms with Crippen LogP contribution in [0.3, 0.4) is 0 Å². The number of amides is 5. The van der Waals surface area contributed by atoms with Crippen molar-refractivity contribution in [1.82, 2.24) is 30.0 Å². The maximum atomic E-state index is 15.3. The average molecular weight is 823 g/mol. The molecule has 0 radical (unpaired) electrons. The highest BCUT2D eigenvalue weighted by Gasteiger charge is 2.47. The highest BCUT2D eigenvalue weighted by Crippen LogP contribution is 2.46. The van der Waals surface area contributed by atoms with Crippen LogP contribution in [0.25, 0.3) is 0 Å². The Hall–Kier alpha value is -5.66. The summed E-state index contributed by atoms with van der Waals surface area (Å²) in [6.45, 7) is 9.29. The molecule has 15 nitrogen and oxygen atoms in total. The highest BCUT2D eigenvalue weighted by atomic mass is 35.5. The van der Waals surface area contributed by atoms with Gasteiger partial charge in [-0.15, -0.1) is 0 Å². The second-order valence-electron chi connectivity index (χ2n) is 16.9. The van der Waals surface area contributed by atoms with Gasteiger partial charge >= 0.3 is 0 Å². The van der Waals surface area contributed by atoms with Crippen LogP contribution in [-0.4, -0.2) is 132 Å². The number of benzene rings is 2. The van der Waals surface area contributed by atoms with Crippen LogP contribution in [0.5, 0.6) is 0 Å². The first-order chi connectivity index (χ1) is 28.4. The topological polar surface area (TPSA) is 166 Å². The minimum atomic E-state index is -1.11. The number of nitrogens with one attached hydrogen (secondary N) is 1. The summed E-state index contributed by atoms with van der Waals surface area (Å²) < 4.78 is 15.3.